The molecule has 11 heteroatoms. The van der Waals surface area contributed by atoms with E-state index in [1.165, 1.54) is 24.1 Å². The van der Waals surface area contributed by atoms with Crippen LogP contribution in [0.3, 0.4) is 0 Å². The Kier molecular flexibility index (Phi) is 6.09. The average molecular weight is 584 g/mol. The lowest BCUT2D eigenvalue weighted by atomic mass is 9.63. The molecule has 3 aliphatic carbocycles. The highest BCUT2D eigenvalue weighted by molar-refractivity contribution is 7.16. The summed E-state index contributed by atoms with van der Waals surface area (Å²) in [7, 11) is 2.20. The van der Waals surface area contributed by atoms with Gasteiger partial charge < -0.3 is 20.5 Å². The van der Waals surface area contributed by atoms with Crippen LogP contribution >= 0.6 is 11.3 Å². The molecule has 218 valence electrons. The number of nitrogens with two attached hydrogens (primary N) is 1. The van der Waals surface area contributed by atoms with Gasteiger partial charge in [0.25, 0.3) is 0 Å². The van der Waals surface area contributed by atoms with Crippen LogP contribution in [0.1, 0.15) is 91.7 Å². The van der Waals surface area contributed by atoms with Crippen LogP contribution < -0.4 is 11.1 Å². The van der Waals surface area contributed by atoms with Crippen molar-refractivity contribution >= 4 is 33.2 Å². The number of thiophene rings is 1. The van der Waals surface area contributed by atoms with E-state index in [2.05, 4.69) is 40.1 Å². The van der Waals surface area contributed by atoms with Crippen LogP contribution in [0.5, 0.6) is 0 Å². The SMILES string of the molecule is CC(C1CCCN1C)n1ncc2c(NCC3CC3)nc(-c3noc4c3CCCC43CCCc4sc(N)c(C#N)c43)nc21. The molecular weight excluding hydrogens is 546 g/mol. The summed E-state index contributed by atoms with van der Waals surface area (Å²) in [5, 5.41) is 24.8. The minimum Gasteiger partial charge on any atom is -0.389 e. The highest BCUT2D eigenvalue weighted by atomic mass is 32.1. The van der Waals surface area contributed by atoms with Gasteiger partial charge in [0.1, 0.15) is 16.9 Å². The first-order chi connectivity index (χ1) is 20.5. The zero-order valence-electron chi connectivity index (χ0n) is 24.3. The number of nitrogens with one attached hydrogen (secondary N) is 1. The third kappa shape index (κ3) is 3.91. The number of anilines is 2. The first-order valence-corrected chi connectivity index (χ1v) is 16.3. The maximum Gasteiger partial charge on any atom is 0.186 e. The van der Waals surface area contributed by atoms with E-state index in [1.807, 2.05) is 6.20 Å². The van der Waals surface area contributed by atoms with E-state index in [4.69, 9.17) is 25.3 Å². The molecule has 3 unspecified atom stereocenters. The van der Waals surface area contributed by atoms with Gasteiger partial charge in [0.2, 0.25) is 0 Å². The number of nitriles is 1. The molecule has 2 fully saturated rings. The van der Waals surface area contributed by atoms with Gasteiger partial charge in [0.15, 0.2) is 22.9 Å². The van der Waals surface area contributed by atoms with Crippen LogP contribution in [0.15, 0.2) is 10.7 Å². The molecular formula is C31H37N9OS. The lowest BCUT2D eigenvalue weighted by Gasteiger charge is -2.39. The average Bonchev–Trinajstić information content (AvgIpc) is 3.31. The number of likely N-dealkylation sites (tertiary alicyclic amines) is 1. The van der Waals surface area contributed by atoms with E-state index in [1.54, 1.807) is 11.3 Å². The summed E-state index contributed by atoms with van der Waals surface area (Å²) in [6.45, 7) is 4.26. The molecule has 1 saturated carbocycles. The zero-order chi connectivity index (χ0) is 28.6. The molecule has 3 N–H and O–H groups in total. The highest BCUT2D eigenvalue weighted by Crippen LogP contribution is 2.55. The van der Waals surface area contributed by atoms with E-state index < -0.39 is 0 Å². The summed E-state index contributed by atoms with van der Waals surface area (Å²) in [6, 6.07) is 3.01. The first-order valence-electron chi connectivity index (χ1n) is 15.5. The summed E-state index contributed by atoms with van der Waals surface area (Å²) < 4.78 is 8.38. The van der Waals surface area contributed by atoms with Crippen LogP contribution in [-0.4, -0.2) is 56.0 Å². The van der Waals surface area contributed by atoms with E-state index in [0.29, 0.717) is 34.0 Å². The Hall–Kier alpha value is -3.49. The van der Waals surface area contributed by atoms with E-state index in [0.717, 1.165) is 91.8 Å². The topological polar surface area (TPSA) is 135 Å². The fraction of sp³-hybridized carbons (Fsp3) is 0.581. The van der Waals surface area contributed by atoms with Crippen molar-refractivity contribution < 1.29 is 4.52 Å². The molecule has 4 aliphatic rings. The van der Waals surface area contributed by atoms with Gasteiger partial charge in [-0.3, -0.25) is 0 Å². The second-order valence-corrected chi connectivity index (χ2v) is 14.0. The van der Waals surface area contributed by atoms with Crippen molar-refractivity contribution in [2.45, 2.75) is 88.6 Å². The molecule has 0 radical (unpaired) electrons. The number of aromatic nitrogens is 5. The molecule has 10 nitrogen and oxygen atoms in total. The van der Waals surface area contributed by atoms with Gasteiger partial charge in [0, 0.05) is 23.0 Å². The standard InChI is InChI=1S/C31H37N9OS/c1-17(22-7-5-13-39(22)2)40-30-21(16-35-40)28(34-15-18-9-10-18)36-29(37-30)25-19-6-3-11-31(26(19)41-38-25)12-4-8-23-24(31)20(14-32)27(33)42-23/h16-18,22H,3-13,15,33H2,1-2H3,(H,34,36,37). The molecule has 0 amide bonds. The van der Waals surface area contributed by atoms with Gasteiger partial charge in [-0.1, -0.05) is 5.16 Å². The minimum atomic E-state index is -0.369. The number of aryl methyl sites for hydroxylation is 1. The lowest BCUT2D eigenvalue weighted by Crippen LogP contribution is -2.35. The second-order valence-electron chi connectivity index (χ2n) is 12.9. The van der Waals surface area contributed by atoms with Crippen molar-refractivity contribution in [1.29, 1.82) is 5.26 Å². The van der Waals surface area contributed by atoms with Crippen molar-refractivity contribution in [2.75, 3.05) is 31.2 Å². The molecule has 4 aromatic rings. The summed E-state index contributed by atoms with van der Waals surface area (Å²) in [4.78, 5) is 13.9. The highest BCUT2D eigenvalue weighted by Gasteiger charge is 2.49. The number of rotatable bonds is 6. The van der Waals surface area contributed by atoms with E-state index in [-0.39, 0.29) is 11.5 Å². The molecule has 8 rings (SSSR count). The van der Waals surface area contributed by atoms with Crippen molar-refractivity contribution in [2.24, 2.45) is 5.92 Å². The summed E-state index contributed by atoms with van der Waals surface area (Å²) in [5.41, 5.74) is 10.3. The van der Waals surface area contributed by atoms with Gasteiger partial charge in [-0.05, 0) is 96.2 Å². The Morgan fingerprint density at radius 3 is 2.81 bits per heavy atom. The van der Waals surface area contributed by atoms with Gasteiger partial charge >= 0.3 is 0 Å². The molecule has 5 heterocycles. The molecule has 4 aromatic heterocycles. The maximum absolute atomic E-state index is 10.1. The minimum absolute atomic E-state index is 0.178. The third-order valence-corrected chi connectivity index (χ3v) is 11.4. The second kappa shape index (κ2) is 9.78. The predicted molar refractivity (Wildman–Crippen MR) is 162 cm³/mol. The Morgan fingerprint density at radius 1 is 1.21 bits per heavy atom. The van der Waals surface area contributed by atoms with Crippen LogP contribution in [0, 0.1) is 17.2 Å². The predicted octanol–water partition coefficient (Wildman–Crippen LogP) is 5.43. The van der Waals surface area contributed by atoms with Crippen molar-refractivity contribution in [3.63, 3.8) is 0 Å². The smallest absolute Gasteiger partial charge is 0.186 e. The molecule has 1 saturated heterocycles. The number of nitrogen functional groups attached to an aromatic ring is 1. The van der Waals surface area contributed by atoms with Gasteiger partial charge in [-0.15, -0.1) is 11.3 Å². The normalized spacial score (nSPS) is 24.5. The Labute approximate surface area is 249 Å². The van der Waals surface area contributed by atoms with Crippen molar-refractivity contribution in [3.8, 4) is 17.6 Å². The van der Waals surface area contributed by atoms with Gasteiger partial charge in [-0.25, -0.2) is 14.6 Å². The summed E-state index contributed by atoms with van der Waals surface area (Å²) in [6.07, 6.45) is 12.5. The number of nitrogens with zero attached hydrogens (tertiary/aromatic N) is 7. The van der Waals surface area contributed by atoms with Crippen molar-refractivity contribution in [3.05, 3.63) is 33.5 Å². The number of fused-ring (bicyclic) bond motifs is 5. The fourth-order valence-corrected chi connectivity index (χ4v) is 9.11. The Morgan fingerprint density at radius 2 is 2.05 bits per heavy atom. The monoisotopic (exact) mass is 583 g/mol. The summed E-state index contributed by atoms with van der Waals surface area (Å²) in [5.74, 6) is 2.98. The Bertz CT molecular complexity index is 1720. The van der Waals surface area contributed by atoms with Crippen LogP contribution in [0.25, 0.3) is 22.6 Å². The molecule has 0 aromatic carbocycles. The molecule has 1 aliphatic heterocycles. The largest absolute Gasteiger partial charge is 0.389 e. The van der Waals surface area contributed by atoms with Gasteiger partial charge in [0.05, 0.1) is 28.6 Å². The lowest BCUT2D eigenvalue weighted by molar-refractivity contribution is 0.232. The Balaban J connectivity index is 1.26. The number of hydrogen-bond acceptors (Lipinski definition) is 10. The maximum atomic E-state index is 10.1. The molecule has 42 heavy (non-hydrogen) atoms. The molecule has 1 spiro atoms. The fourth-order valence-electron chi connectivity index (χ4n) is 7.95. The zero-order valence-corrected chi connectivity index (χ0v) is 25.1. The molecule has 3 atom stereocenters. The van der Waals surface area contributed by atoms with Crippen LogP contribution in [-0.2, 0) is 18.3 Å². The van der Waals surface area contributed by atoms with Crippen LogP contribution in [0.2, 0.25) is 0 Å². The molecule has 0 bridgehead atoms. The number of hydrogen-bond donors (Lipinski definition) is 2. The van der Waals surface area contributed by atoms with Gasteiger partial charge in [-0.2, -0.15) is 10.4 Å². The van der Waals surface area contributed by atoms with Crippen molar-refractivity contribution in [1.82, 2.24) is 29.8 Å². The quantitative estimate of drug-likeness (QED) is 0.304. The third-order valence-electron chi connectivity index (χ3n) is 10.3. The van der Waals surface area contributed by atoms with E-state index >= 15 is 0 Å². The first kappa shape index (κ1) is 26.2. The van der Waals surface area contributed by atoms with Crippen LogP contribution in [0.4, 0.5) is 10.8 Å². The number of likely N-dealkylation sites (N-methyl/N-ethyl adjacent to an activating group) is 1. The van der Waals surface area contributed by atoms with E-state index in [9.17, 15) is 5.26 Å². The summed E-state index contributed by atoms with van der Waals surface area (Å²) >= 11 is 1.57.